The molecule has 1 heterocycles. The number of hydrogen-bond donors (Lipinski definition) is 1. The van der Waals surface area contributed by atoms with E-state index in [1.807, 2.05) is 0 Å². The number of nitrogens with one attached hydrogen (secondary N) is 1. The Morgan fingerprint density at radius 1 is 1.25 bits per heavy atom. The van der Waals surface area contributed by atoms with Gasteiger partial charge in [0.25, 0.3) is 0 Å². The molecule has 0 spiro atoms. The first-order valence-corrected chi connectivity index (χ1v) is 8.20. The van der Waals surface area contributed by atoms with Crippen molar-refractivity contribution < 1.29 is 4.42 Å². The van der Waals surface area contributed by atoms with Crippen molar-refractivity contribution in [3.05, 3.63) is 31.9 Å². The lowest BCUT2D eigenvalue weighted by Crippen LogP contribution is -2.22. The van der Waals surface area contributed by atoms with E-state index in [9.17, 15) is 0 Å². The molecule has 0 bridgehead atoms. The zero-order valence-electron chi connectivity index (χ0n) is 12.0. The quantitative estimate of drug-likeness (QED) is 0.648. The average Bonchev–Trinajstić information content (AvgIpc) is 2.73. The van der Waals surface area contributed by atoms with E-state index in [2.05, 4.69) is 48.9 Å². The highest BCUT2D eigenvalue weighted by Gasteiger charge is 2.22. The highest BCUT2D eigenvalue weighted by Crippen LogP contribution is 2.43. The summed E-state index contributed by atoms with van der Waals surface area (Å²) in [5.74, 6) is 1.22. The number of hydrogen-bond acceptors (Lipinski definition) is 2. The number of furan rings is 1. The van der Waals surface area contributed by atoms with Crippen LogP contribution >= 0.6 is 39.1 Å². The van der Waals surface area contributed by atoms with Crippen LogP contribution in [0.2, 0.25) is 10.0 Å². The molecular weight excluding hydrogens is 361 g/mol. The van der Waals surface area contributed by atoms with Gasteiger partial charge < -0.3 is 9.73 Å². The molecule has 1 N–H and O–H groups in total. The fraction of sp³-hybridized carbons (Fsp3) is 0.467. The summed E-state index contributed by atoms with van der Waals surface area (Å²) in [6, 6.07) is 2.17. The molecule has 20 heavy (non-hydrogen) atoms. The van der Waals surface area contributed by atoms with Gasteiger partial charge in [-0.25, -0.2) is 0 Å². The maximum atomic E-state index is 6.44. The van der Waals surface area contributed by atoms with Crippen LogP contribution in [-0.2, 0) is 6.54 Å². The van der Waals surface area contributed by atoms with Crippen LogP contribution in [0.15, 0.2) is 15.0 Å². The van der Waals surface area contributed by atoms with Gasteiger partial charge in [0.05, 0.1) is 16.6 Å². The van der Waals surface area contributed by atoms with E-state index in [-0.39, 0.29) is 0 Å². The Kier molecular flexibility index (Phi) is 5.06. The van der Waals surface area contributed by atoms with E-state index >= 15 is 0 Å². The first-order valence-electron chi connectivity index (χ1n) is 6.65. The largest absolute Gasteiger partial charge is 0.458 e. The minimum Gasteiger partial charge on any atom is -0.458 e. The third-order valence-corrected chi connectivity index (χ3v) is 4.70. The van der Waals surface area contributed by atoms with Crippen LogP contribution in [-0.4, -0.2) is 6.04 Å². The first-order chi connectivity index (χ1) is 9.32. The smallest absolute Gasteiger partial charge is 0.154 e. The molecule has 110 valence electrons. The Labute approximate surface area is 137 Å². The van der Waals surface area contributed by atoms with Gasteiger partial charge in [-0.05, 0) is 27.9 Å². The van der Waals surface area contributed by atoms with Crippen LogP contribution in [0.5, 0.6) is 0 Å². The summed E-state index contributed by atoms with van der Waals surface area (Å²) in [5.41, 5.74) is 1.80. The summed E-state index contributed by atoms with van der Waals surface area (Å²) in [6.07, 6.45) is 0. The predicted octanol–water partition coefficient (Wildman–Crippen LogP) is 6.12. The van der Waals surface area contributed by atoms with Crippen LogP contribution in [0.1, 0.15) is 44.9 Å². The number of halogens is 3. The van der Waals surface area contributed by atoms with E-state index in [4.69, 9.17) is 27.6 Å². The van der Waals surface area contributed by atoms with Crippen LogP contribution in [0.4, 0.5) is 0 Å². The van der Waals surface area contributed by atoms with Crippen molar-refractivity contribution in [2.75, 3.05) is 0 Å². The molecule has 0 aliphatic heterocycles. The number of benzene rings is 1. The Hall–Kier alpha value is -0.220. The normalized spacial score (nSPS) is 12.1. The molecule has 0 saturated carbocycles. The van der Waals surface area contributed by atoms with Crippen molar-refractivity contribution in [2.45, 2.75) is 46.2 Å². The molecule has 2 rings (SSSR count). The second-order valence-corrected chi connectivity index (χ2v) is 7.13. The summed E-state index contributed by atoms with van der Waals surface area (Å²) >= 11 is 16.2. The van der Waals surface area contributed by atoms with E-state index < -0.39 is 0 Å². The minimum absolute atomic E-state index is 0.308. The zero-order chi connectivity index (χ0) is 15.0. The molecule has 5 heteroatoms. The average molecular weight is 379 g/mol. The van der Waals surface area contributed by atoms with Gasteiger partial charge in [-0.1, -0.05) is 50.9 Å². The molecule has 1 aromatic heterocycles. The van der Waals surface area contributed by atoms with Gasteiger partial charge in [-0.15, -0.1) is 0 Å². The molecule has 0 saturated heterocycles. The summed E-state index contributed by atoms with van der Waals surface area (Å²) in [7, 11) is 0. The molecule has 1 aromatic carbocycles. The topological polar surface area (TPSA) is 25.2 Å². The molecule has 0 fully saturated rings. The maximum absolute atomic E-state index is 6.44. The lowest BCUT2D eigenvalue weighted by atomic mass is 9.99. The highest BCUT2D eigenvalue weighted by molar-refractivity contribution is 9.10. The Morgan fingerprint density at radius 3 is 2.45 bits per heavy atom. The van der Waals surface area contributed by atoms with Gasteiger partial charge in [0.2, 0.25) is 0 Å². The van der Waals surface area contributed by atoms with E-state index in [0.717, 1.165) is 21.2 Å². The van der Waals surface area contributed by atoms with E-state index in [1.54, 1.807) is 6.07 Å². The molecule has 0 atom stereocenters. The Bertz CT molecular complexity index is 635. The molecule has 0 aliphatic carbocycles. The van der Waals surface area contributed by atoms with Gasteiger partial charge in [0.15, 0.2) is 5.58 Å². The Morgan fingerprint density at radius 2 is 1.90 bits per heavy atom. The summed E-state index contributed by atoms with van der Waals surface area (Å²) in [4.78, 5) is 0. The van der Waals surface area contributed by atoms with Crippen molar-refractivity contribution in [2.24, 2.45) is 0 Å². The van der Waals surface area contributed by atoms with Crippen LogP contribution in [0, 0.1) is 0 Å². The number of rotatable bonds is 4. The first kappa shape index (κ1) is 16.2. The van der Waals surface area contributed by atoms with Gasteiger partial charge >= 0.3 is 0 Å². The molecule has 0 amide bonds. The fourth-order valence-corrected chi connectivity index (χ4v) is 3.32. The molecule has 2 aromatic rings. The van der Waals surface area contributed by atoms with Crippen molar-refractivity contribution in [1.29, 1.82) is 0 Å². The monoisotopic (exact) mass is 377 g/mol. The molecule has 0 radical (unpaired) electrons. The third-order valence-electron chi connectivity index (χ3n) is 3.17. The maximum Gasteiger partial charge on any atom is 0.154 e. The Balaban J connectivity index is 2.67. The standard InChI is InChI=1S/C15H18BrCl2NO/c1-7(2)12-11(6-19-8(3)4)20-15-10(17)5-9(16)14(18)13(12)15/h5,7-8,19H,6H2,1-4H3. The molecular formula is C15H18BrCl2NO. The van der Waals surface area contributed by atoms with Gasteiger partial charge in [0.1, 0.15) is 5.76 Å². The van der Waals surface area contributed by atoms with Crippen LogP contribution in [0.3, 0.4) is 0 Å². The number of fused-ring (bicyclic) bond motifs is 1. The molecule has 0 unspecified atom stereocenters. The molecule has 0 aliphatic rings. The van der Waals surface area contributed by atoms with Crippen molar-refractivity contribution >= 4 is 50.1 Å². The van der Waals surface area contributed by atoms with Gasteiger partial charge in [-0.2, -0.15) is 0 Å². The minimum atomic E-state index is 0.308. The fourth-order valence-electron chi connectivity index (χ4n) is 2.28. The highest BCUT2D eigenvalue weighted by atomic mass is 79.9. The third kappa shape index (κ3) is 3.01. The lowest BCUT2D eigenvalue weighted by molar-refractivity contribution is 0.480. The van der Waals surface area contributed by atoms with Crippen molar-refractivity contribution in [3.8, 4) is 0 Å². The second-order valence-electron chi connectivity index (χ2n) is 5.49. The zero-order valence-corrected chi connectivity index (χ0v) is 15.1. The van der Waals surface area contributed by atoms with Gasteiger partial charge in [-0.3, -0.25) is 0 Å². The van der Waals surface area contributed by atoms with E-state index in [0.29, 0.717) is 34.1 Å². The molecule has 2 nitrogen and oxygen atoms in total. The van der Waals surface area contributed by atoms with Crippen LogP contribution < -0.4 is 5.32 Å². The van der Waals surface area contributed by atoms with Crippen molar-refractivity contribution in [3.63, 3.8) is 0 Å². The second kappa shape index (κ2) is 6.27. The van der Waals surface area contributed by atoms with Crippen molar-refractivity contribution in [1.82, 2.24) is 5.32 Å². The lowest BCUT2D eigenvalue weighted by Gasteiger charge is -2.10. The van der Waals surface area contributed by atoms with Crippen LogP contribution in [0.25, 0.3) is 11.0 Å². The predicted molar refractivity (Wildman–Crippen MR) is 90.0 cm³/mol. The summed E-state index contributed by atoms with van der Waals surface area (Å²) in [6.45, 7) is 9.15. The summed E-state index contributed by atoms with van der Waals surface area (Å²) < 4.78 is 6.77. The SMILES string of the molecule is CC(C)NCc1oc2c(Cl)cc(Br)c(Cl)c2c1C(C)C. The summed E-state index contributed by atoms with van der Waals surface area (Å²) in [5, 5.41) is 5.54. The van der Waals surface area contributed by atoms with Gasteiger partial charge in [0, 0.05) is 21.5 Å². The van der Waals surface area contributed by atoms with E-state index in [1.165, 1.54) is 0 Å².